The van der Waals surface area contributed by atoms with Crippen LogP contribution in [0.1, 0.15) is 32.1 Å². The predicted octanol–water partition coefficient (Wildman–Crippen LogP) is 0.693. The van der Waals surface area contributed by atoms with Crippen molar-refractivity contribution in [1.82, 2.24) is 19.4 Å². The van der Waals surface area contributed by atoms with Crippen LogP contribution in [-0.2, 0) is 16.1 Å². The van der Waals surface area contributed by atoms with Gasteiger partial charge in [-0.1, -0.05) is 12.1 Å². The molecule has 148 valence electrons. The van der Waals surface area contributed by atoms with E-state index in [4.69, 9.17) is 0 Å². The molecule has 0 aliphatic carbocycles. The summed E-state index contributed by atoms with van der Waals surface area (Å²) in [4.78, 5) is 56.5. The van der Waals surface area contributed by atoms with Crippen molar-refractivity contribution in [1.29, 1.82) is 0 Å². The first-order chi connectivity index (χ1) is 13.6. The molecule has 2 aliphatic heterocycles. The van der Waals surface area contributed by atoms with Crippen molar-refractivity contribution < 1.29 is 9.59 Å². The number of likely N-dealkylation sites (tertiary alicyclic amines) is 2. The van der Waals surface area contributed by atoms with Crippen molar-refractivity contribution in [3.05, 3.63) is 45.1 Å². The Morgan fingerprint density at radius 2 is 1.79 bits per heavy atom. The Morgan fingerprint density at radius 1 is 1.04 bits per heavy atom. The van der Waals surface area contributed by atoms with Crippen LogP contribution in [0, 0.1) is 0 Å². The fourth-order valence-electron chi connectivity index (χ4n) is 4.22. The molecule has 4 rings (SSSR count). The van der Waals surface area contributed by atoms with E-state index in [9.17, 15) is 19.2 Å². The van der Waals surface area contributed by atoms with Gasteiger partial charge in [-0.2, -0.15) is 0 Å². The number of nitrogens with zero attached hydrogens (tertiary/aromatic N) is 3. The summed E-state index contributed by atoms with van der Waals surface area (Å²) in [5.74, 6) is -0.154. The Bertz CT molecular complexity index is 1020. The van der Waals surface area contributed by atoms with Gasteiger partial charge in [0.25, 0.3) is 5.56 Å². The van der Waals surface area contributed by atoms with Crippen LogP contribution in [-0.4, -0.2) is 56.8 Å². The van der Waals surface area contributed by atoms with E-state index < -0.39 is 17.3 Å². The monoisotopic (exact) mass is 384 g/mol. The molecule has 2 saturated heterocycles. The number of nitrogens with one attached hydrogen (secondary N) is 1. The number of aromatic amines is 1. The Labute approximate surface area is 161 Å². The van der Waals surface area contributed by atoms with Gasteiger partial charge in [0.05, 0.1) is 10.9 Å². The second-order valence-electron chi connectivity index (χ2n) is 7.46. The van der Waals surface area contributed by atoms with E-state index in [-0.39, 0.29) is 24.8 Å². The van der Waals surface area contributed by atoms with Crippen LogP contribution in [0.4, 0.5) is 0 Å². The number of fused-ring (bicyclic) bond motifs is 1. The van der Waals surface area contributed by atoms with E-state index in [1.54, 1.807) is 29.2 Å². The van der Waals surface area contributed by atoms with Crippen LogP contribution in [0.15, 0.2) is 33.9 Å². The van der Waals surface area contributed by atoms with Crippen molar-refractivity contribution in [3.8, 4) is 0 Å². The molecule has 0 saturated carbocycles. The number of hydrogen-bond acceptors (Lipinski definition) is 4. The average Bonchev–Trinajstić information content (AvgIpc) is 3.39. The highest BCUT2D eigenvalue weighted by Gasteiger charge is 2.36. The summed E-state index contributed by atoms with van der Waals surface area (Å²) in [6.07, 6.45) is 3.52. The van der Waals surface area contributed by atoms with Gasteiger partial charge in [0.1, 0.15) is 6.04 Å². The summed E-state index contributed by atoms with van der Waals surface area (Å²) in [6, 6.07) is 6.40. The summed E-state index contributed by atoms with van der Waals surface area (Å²) < 4.78 is 1.06. The van der Waals surface area contributed by atoms with Gasteiger partial charge in [0.15, 0.2) is 0 Å². The number of benzene rings is 1. The molecular weight excluding hydrogens is 360 g/mol. The molecule has 2 aliphatic rings. The molecule has 0 radical (unpaired) electrons. The lowest BCUT2D eigenvalue weighted by Crippen LogP contribution is -2.47. The van der Waals surface area contributed by atoms with E-state index in [1.165, 1.54) is 0 Å². The summed E-state index contributed by atoms with van der Waals surface area (Å²) >= 11 is 0. The molecule has 1 aromatic carbocycles. The fraction of sp³-hybridized carbons (Fsp3) is 0.500. The van der Waals surface area contributed by atoms with Crippen LogP contribution >= 0.6 is 0 Å². The van der Waals surface area contributed by atoms with Gasteiger partial charge in [-0.15, -0.1) is 0 Å². The highest BCUT2D eigenvalue weighted by Crippen LogP contribution is 2.22. The molecule has 2 aromatic rings. The zero-order chi connectivity index (χ0) is 19.7. The van der Waals surface area contributed by atoms with Gasteiger partial charge in [-0.3, -0.25) is 19.0 Å². The number of para-hydroxylation sites is 1. The summed E-state index contributed by atoms with van der Waals surface area (Å²) in [6.45, 7) is 2.07. The Balaban J connectivity index is 1.48. The molecule has 1 atom stereocenters. The van der Waals surface area contributed by atoms with Crippen molar-refractivity contribution >= 4 is 22.7 Å². The van der Waals surface area contributed by atoms with Gasteiger partial charge < -0.3 is 14.8 Å². The molecular formula is C20H24N4O4. The van der Waals surface area contributed by atoms with Crippen molar-refractivity contribution in [2.75, 3.05) is 19.6 Å². The van der Waals surface area contributed by atoms with E-state index in [0.29, 0.717) is 23.9 Å². The van der Waals surface area contributed by atoms with Gasteiger partial charge in [0, 0.05) is 32.6 Å². The Hall–Kier alpha value is -2.90. The number of carbonyl (C=O) groups excluding carboxylic acids is 2. The minimum absolute atomic E-state index is 0.00103. The van der Waals surface area contributed by atoms with Crippen molar-refractivity contribution in [2.45, 2.75) is 44.7 Å². The maximum Gasteiger partial charge on any atom is 0.328 e. The second-order valence-corrected chi connectivity index (χ2v) is 7.46. The maximum atomic E-state index is 12.8. The van der Waals surface area contributed by atoms with E-state index in [1.807, 2.05) is 4.90 Å². The Kier molecular flexibility index (Phi) is 5.02. The van der Waals surface area contributed by atoms with Crippen LogP contribution in [0.25, 0.3) is 10.9 Å². The minimum Gasteiger partial charge on any atom is -0.341 e. The quantitative estimate of drug-likeness (QED) is 0.839. The maximum absolute atomic E-state index is 12.8. The third kappa shape index (κ3) is 3.34. The summed E-state index contributed by atoms with van der Waals surface area (Å²) in [5, 5.41) is 0.415. The molecule has 8 nitrogen and oxygen atoms in total. The molecule has 2 amide bonds. The molecule has 8 heteroatoms. The predicted molar refractivity (Wildman–Crippen MR) is 104 cm³/mol. The lowest BCUT2D eigenvalue weighted by atomic mass is 10.2. The highest BCUT2D eigenvalue weighted by molar-refractivity contribution is 5.88. The number of H-pyrrole nitrogens is 1. The van der Waals surface area contributed by atoms with Gasteiger partial charge >= 0.3 is 5.69 Å². The molecule has 3 heterocycles. The van der Waals surface area contributed by atoms with Crippen LogP contribution < -0.4 is 11.2 Å². The number of aromatic nitrogens is 2. The lowest BCUT2D eigenvalue weighted by Gasteiger charge is -2.27. The van der Waals surface area contributed by atoms with E-state index in [0.717, 1.165) is 36.9 Å². The molecule has 28 heavy (non-hydrogen) atoms. The van der Waals surface area contributed by atoms with Gasteiger partial charge in [0.2, 0.25) is 11.8 Å². The second kappa shape index (κ2) is 7.61. The van der Waals surface area contributed by atoms with Crippen molar-refractivity contribution in [3.63, 3.8) is 0 Å². The number of hydrogen-bond donors (Lipinski definition) is 1. The number of carbonyl (C=O) groups is 2. The largest absolute Gasteiger partial charge is 0.341 e. The first kappa shape index (κ1) is 18.5. The molecule has 0 spiro atoms. The van der Waals surface area contributed by atoms with Gasteiger partial charge in [-0.25, -0.2) is 4.79 Å². The first-order valence-corrected chi connectivity index (χ1v) is 9.86. The number of amides is 2. The van der Waals surface area contributed by atoms with E-state index >= 15 is 0 Å². The van der Waals surface area contributed by atoms with Gasteiger partial charge in [-0.05, 0) is 37.8 Å². The zero-order valence-electron chi connectivity index (χ0n) is 15.7. The topological polar surface area (TPSA) is 95.5 Å². The van der Waals surface area contributed by atoms with Crippen molar-refractivity contribution in [2.24, 2.45) is 0 Å². The highest BCUT2D eigenvalue weighted by atomic mass is 16.2. The summed E-state index contributed by atoms with van der Waals surface area (Å²) in [5.41, 5.74) is -0.447. The summed E-state index contributed by atoms with van der Waals surface area (Å²) in [7, 11) is 0. The normalized spacial score (nSPS) is 19.5. The third-order valence-electron chi connectivity index (χ3n) is 5.71. The van der Waals surface area contributed by atoms with E-state index in [2.05, 4.69) is 4.98 Å². The molecule has 2 fully saturated rings. The Morgan fingerprint density at radius 3 is 2.57 bits per heavy atom. The fourth-order valence-corrected chi connectivity index (χ4v) is 4.22. The van der Waals surface area contributed by atoms with Crippen LogP contribution in [0.5, 0.6) is 0 Å². The minimum atomic E-state index is -0.525. The zero-order valence-corrected chi connectivity index (χ0v) is 15.7. The van der Waals surface area contributed by atoms with Crippen LogP contribution in [0.3, 0.4) is 0 Å². The number of rotatable bonds is 4. The molecule has 0 unspecified atom stereocenters. The standard InChI is InChI=1S/C20H24N4O4/c25-17(23-12-5-8-16(23)19(27)22-10-3-4-11-22)9-13-24-18(26)14-6-1-2-7-15(14)21-20(24)28/h1-2,6-7,16H,3-5,8-13H2,(H,21,28)/t16-/m0/s1. The SMILES string of the molecule is O=C([C@@H]1CCCN1C(=O)CCn1c(=O)[nH]c2ccccc2c1=O)N1CCCC1. The smallest absolute Gasteiger partial charge is 0.328 e. The first-order valence-electron chi connectivity index (χ1n) is 9.86. The van der Waals surface area contributed by atoms with Crippen LogP contribution in [0.2, 0.25) is 0 Å². The third-order valence-corrected chi connectivity index (χ3v) is 5.71. The average molecular weight is 384 g/mol. The molecule has 1 aromatic heterocycles. The molecule has 1 N–H and O–H groups in total. The molecule has 0 bridgehead atoms. The lowest BCUT2D eigenvalue weighted by molar-refractivity contribution is -0.143.